The topological polar surface area (TPSA) is 29.1 Å². The van der Waals surface area contributed by atoms with E-state index in [1.807, 2.05) is 5.38 Å². The molecule has 0 saturated heterocycles. The highest BCUT2D eigenvalue weighted by Crippen LogP contribution is 2.12. The molecule has 0 fully saturated rings. The molecule has 0 spiro atoms. The molecule has 1 aromatic rings. The summed E-state index contributed by atoms with van der Waals surface area (Å²) < 4.78 is 0. The summed E-state index contributed by atoms with van der Waals surface area (Å²) in [6, 6.07) is 2.07. The maximum absolute atomic E-state index is 10.8. The van der Waals surface area contributed by atoms with Crippen molar-refractivity contribution < 1.29 is 4.79 Å². The van der Waals surface area contributed by atoms with E-state index in [4.69, 9.17) is 0 Å². The lowest BCUT2D eigenvalue weighted by Crippen LogP contribution is -2.23. The van der Waals surface area contributed by atoms with E-state index in [9.17, 15) is 4.79 Å². The molecule has 1 N–H and O–H groups in total. The van der Waals surface area contributed by atoms with Crippen molar-refractivity contribution in [1.82, 2.24) is 5.32 Å². The molecule has 0 aromatic carbocycles. The summed E-state index contributed by atoms with van der Waals surface area (Å²) in [6.07, 6.45) is 0. The molecule has 0 aliphatic carbocycles. The molecule has 1 rings (SSSR count). The first kappa shape index (κ1) is 9.61. The SMILES string of the molecule is Cc1cc(CNC(=O)CS)cs1. The number of hydrogen-bond acceptors (Lipinski definition) is 3. The van der Waals surface area contributed by atoms with Crippen LogP contribution in [-0.2, 0) is 11.3 Å². The lowest BCUT2D eigenvalue weighted by atomic mass is 10.3. The van der Waals surface area contributed by atoms with Crippen LogP contribution in [-0.4, -0.2) is 11.7 Å². The molecule has 0 atom stereocenters. The van der Waals surface area contributed by atoms with Crippen LogP contribution < -0.4 is 5.32 Å². The van der Waals surface area contributed by atoms with Crippen molar-refractivity contribution in [1.29, 1.82) is 0 Å². The average molecular weight is 201 g/mol. The smallest absolute Gasteiger partial charge is 0.229 e. The van der Waals surface area contributed by atoms with Crippen molar-refractivity contribution in [2.24, 2.45) is 0 Å². The highest BCUT2D eigenvalue weighted by Gasteiger charge is 1.98. The summed E-state index contributed by atoms with van der Waals surface area (Å²) in [5.74, 6) is 0.227. The Balaban J connectivity index is 2.38. The predicted molar refractivity (Wildman–Crippen MR) is 54.8 cm³/mol. The number of aryl methyl sites for hydroxylation is 1. The highest BCUT2D eigenvalue weighted by molar-refractivity contribution is 7.81. The minimum Gasteiger partial charge on any atom is -0.351 e. The van der Waals surface area contributed by atoms with Crippen LogP contribution in [0.15, 0.2) is 11.4 Å². The van der Waals surface area contributed by atoms with Crippen LogP contribution in [0.1, 0.15) is 10.4 Å². The number of amides is 1. The molecule has 0 aliphatic heterocycles. The Labute approximate surface area is 81.4 Å². The molecule has 1 heterocycles. The zero-order valence-electron chi connectivity index (χ0n) is 6.83. The summed E-state index contributed by atoms with van der Waals surface area (Å²) in [5, 5.41) is 4.80. The van der Waals surface area contributed by atoms with Gasteiger partial charge in [0.25, 0.3) is 0 Å². The van der Waals surface area contributed by atoms with Crippen molar-refractivity contribution in [2.75, 3.05) is 5.75 Å². The van der Waals surface area contributed by atoms with Crippen LogP contribution in [0.2, 0.25) is 0 Å². The van der Waals surface area contributed by atoms with Gasteiger partial charge in [0.15, 0.2) is 0 Å². The average Bonchev–Trinajstić information content (AvgIpc) is 2.47. The molecule has 4 heteroatoms. The van der Waals surface area contributed by atoms with Crippen molar-refractivity contribution in [3.8, 4) is 0 Å². The van der Waals surface area contributed by atoms with Crippen LogP contribution in [0.5, 0.6) is 0 Å². The number of hydrogen-bond donors (Lipinski definition) is 2. The molecular weight excluding hydrogens is 190 g/mol. The Bertz CT molecular complexity index is 270. The number of rotatable bonds is 3. The number of carbonyl (C=O) groups excluding carboxylic acids is 1. The lowest BCUT2D eigenvalue weighted by Gasteiger charge is -1.99. The monoisotopic (exact) mass is 201 g/mol. The summed E-state index contributed by atoms with van der Waals surface area (Å²) in [4.78, 5) is 12.1. The zero-order valence-corrected chi connectivity index (χ0v) is 8.54. The van der Waals surface area contributed by atoms with Crippen LogP contribution in [0.4, 0.5) is 0 Å². The largest absolute Gasteiger partial charge is 0.351 e. The summed E-state index contributed by atoms with van der Waals surface area (Å²) >= 11 is 5.55. The predicted octanol–water partition coefficient (Wildman–Crippen LogP) is 1.60. The molecule has 2 nitrogen and oxygen atoms in total. The number of nitrogens with one attached hydrogen (secondary N) is 1. The molecule has 0 bridgehead atoms. The molecule has 66 valence electrons. The Kier molecular flexibility index (Phi) is 3.62. The lowest BCUT2D eigenvalue weighted by molar-refractivity contribution is -0.118. The zero-order chi connectivity index (χ0) is 8.97. The second-order valence-corrected chi connectivity index (χ2v) is 3.93. The highest BCUT2D eigenvalue weighted by atomic mass is 32.1. The van der Waals surface area contributed by atoms with E-state index < -0.39 is 0 Å². The van der Waals surface area contributed by atoms with Gasteiger partial charge in [0.1, 0.15) is 0 Å². The van der Waals surface area contributed by atoms with Crippen LogP contribution in [0.3, 0.4) is 0 Å². The molecule has 0 unspecified atom stereocenters. The Morgan fingerprint density at radius 3 is 3.00 bits per heavy atom. The maximum Gasteiger partial charge on any atom is 0.229 e. The van der Waals surface area contributed by atoms with Gasteiger partial charge in [-0.15, -0.1) is 11.3 Å². The minimum atomic E-state index is -0.0258. The van der Waals surface area contributed by atoms with Gasteiger partial charge in [-0.3, -0.25) is 4.79 Å². The van der Waals surface area contributed by atoms with Gasteiger partial charge in [-0.25, -0.2) is 0 Å². The second-order valence-electron chi connectivity index (χ2n) is 2.50. The van der Waals surface area contributed by atoms with E-state index in [0.29, 0.717) is 6.54 Å². The van der Waals surface area contributed by atoms with E-state index in [1.54, 1.807) is 11.3 Å². The van der Waals surface area contributed by atoms with Gasteiger partial charge in [-0.05, 0) is 23.9 Å². The van der Waals surface area contributed by atoms with Gasteiger partial charge in [0, 0.05) is 11.4 Å². The van der Waals surface area contributed by atoms with Crippen LogP contribution in [0, 0.1) is 6.92 Å². The van der Waals surface area contributed by atoms with Gasteiger partial charge in [-0.1, -0.05) is 0 Å². The third-order valence-electron chi connectivity index (χ3n) is 1.42. The fourth-order valence-corrected chi connectivity index (χ4v) is 1.67. The summed E-state index contributed by atoms with van der Waals surface area (Å²) in [5.41, 5.74) is 1.16. The molecule has 1 aromatic heterocycles. The first-order valence-corrected chi connectivity index (χ1v) is 5.15. The van der Waals surface area contributed by atoms with Gasteiger partial charge in [0.2, 0.25) is 5.91 Å². The van der Waals surface area contributed by atoms with Gasteiger partial charge >= 0.3 is 0 Å². The third kappa shape index (κ3) is 2.87. The van der Waals surface area contributed by atoms with Crippen molar-refractivity contribution in [3.63, 3.8) is 0 Å². The van der Waals surface area contributed by atoms with E-state index in [1.165, 1.54) is 4.88 Å². The van der Waals surface area contributed by atoms with Crippen LogP contribution >= 0.6 is 24.0 Å². The summed E-state index contributed by atoms with van der Waals surface area (Å²) in [7, 11) is 0. The van der Waals surface area contributed by atoms with Crippen molar-refractivity contribution in [3.05, 3.63) is 21.9 Å². The van der Waals surface area contributed by atoms with E-state index in [0.717, 1.165) is 5.56 Å². The van der Waals surface area contributed by atoms with Crippen molar-refractivity contribution in [2.45, 2.75) is 13.5 Å². The maximum atomic E-state index is 10.8. The van der Waals surface area contributed by atoms with Crippen molar-refractivity contribution >= 4 is 29.9 Å². The van der Waals surface area contributed by atoms with Gasteiger partial charge < -0.3 is 5.32 Å². The first-order valence-electron chi connectivity index (χ1n) is 3.64. The van der Waals surface area contributed by atoms with Gasteiger partial charge in [0.05, 0.1) is 5.75 Å². The minimum absolute atomic E-state index is 0.0258. The van der Waals surface area contributed by atoms with E-state index >= 15 is 0 Å². The molecule has 0 saturated carbocycles. The Hall–Kier alpha value is -0.480. The number of thiol groups is 1. The Morgan fingerprint density at radius 1 is 1.75 bits per heavy atom. The van der Waals surface area contributed by atoms with Gasteiger partial charge in [-0.2, -0.15) is 12.6 Å². The normalized spacial score (nSPS) is 9.83. The summed E-state index contributed by atoms with van der Waals surface area (Å²) in [6.45, 7) is 2.67. The fourth-order valence-electron chi connectivity index (χ4n) is 0.847. The first-order chi connectivity index (χ1) is 5.72. The van der Waals surface area contributed by atoms with E-state index in [2.05, 4.69) is 30.9 Å². The molecule has 1 amide bonds. The quantitative estimate of drug-likeness (QED) is 0.715. The molecule has 12 heavy (non-hydrogen) atoms. The molecular formula is C8H11NOS2. The standard InChI is InChI=1S/C8H11NOS2/c1-6-2-7(5-12-6)3-9-8(10)4-11/h2,5,11H,3-4H2,1H3,(H,9,10). The van der Waals surface area contributed by atoms with Crippen LogP contribution in [0.25, 0.3) is 0 Å². The Morgan fingerprint density at radius 2 is 2.50 bits per heavy atom. The second kappa shape index (κ2) is 4.52. The third-order valence-corrected chi connectivity index (χ3v) is 2.62. The van der Waals surface area contributed by atoms with E-state index in [-0.39, 0.29) is 11.7 Å². The fraction of sp³-hybridized carbons (Fsp3) is 0.375. The molecule has 0 aliphatic rings. The molecule has 0 radical (unpaired) electrons. The number of thiophene rings is 1. The number of carbonyl (C=O) groups is 1.